The Bertz CT molecular complexity index is 1530. The van der Waals surface area contributed by atoms with Crippen LogP contribution < -0.4 is 16.2 Å². The van der Waals surface area contributed by atoms with Crippen molar-refractivity contribution in [3.8, 4) is 5.69 Å². The highest BCUT2D eigenvalue weighted by Crippen LogP contribution is 2.59. The van der Waals surface area contributed by atoms with E-state index in [1.807, 2.05) is 45.0 Å². The minimum Gasteiger partial charge on any atom is -0.356 e. The van der Waals surface area contributed by atoms with Gasteiger partial charge in [-0.3, -0.25) is 14.4 Å². The van der Waals surface area contributed by atoms with Crippen LogP contribution in [0.2, 0.25) is 0 Å². The van der Waals surface area contributed by atoms with Crippen LogP contribution >= 0.6 is 0 Å². The average molecular weight is 601 g/mol. The van der Waals surface area contributed by atoms with E-state index >= 15 is 0 Å². The summed E-state index contributed by atoms with van der Waals surface area (Å²) in [5.74, 6) is 2.88. The topological polar surface area (TPSA) is 111 Å². The summed E-state index contributed by atoms with van der Waals surface area (Å²) in [6.07, 6.45) is 12.3. The summed E-state index contributed by atoms with van der Waals surface area (Å²) in [6.45, 7) is 7.72. The number of aryl methyl sites for hydroxylation is 4. The number of rotatable bonds is 13. The Kier molecular flexibility index (Phi) is 8.92. The maximum absolute atomic E-state index is 13.2. The molecule has 0 aliphatic heterocycles. The molecule has 3 aromatic rings. The zero-order chi connectivity index (χ0) is 30.8. The van der Waals surface area contributed by atoms with E-state index in [9.17, 15) is 14.4 Å². The molecule has 0 saturated heterocycles. The number of nitrogens with one attached hydrogen (secondary N) is 2. The summed E-state index contributed by atoms with van der Waals surface area (Å²) in [6, 6.07) is 8.04. The molecule has 4 bridgehead atoms. The van der Waals surface area contributed by atoms with Gasteiger partial charge in [0.25, 0.3) is 5.56 Å². The van der Waals surface area contributed by atoms with Gasteiger partial charge in [-0.25, -0.2) is 9.36 Å². The van der Waals surface area contributed by atoms with Crippen LogP contribution in [0.4, 0.5) is 0 Å². The van der Waals surface area contributed by atoms with Crippen LogP contribution in [0, 0.1) is 43.9 Å². The van der Waals surface area contributed by atoms with Crippen molar-refractivity contribution in [1.82, 2.24) is 30.2 Å². The highest BCUT2D eigenvalue weighted by molar-refractivity contribution is 5.83. The van der Waals surface area contributed by atoms with Gasteiger partial charge in [0.15, 0.2) is 5.52 Å². The summed E-state index contributed by atoms with van der Waals surface area (Å²) in [5, 5.41) is 16.2. The molecule has 44 heavy (non-hydrogen) atoms. The van der Waals surface area contributed by atoms with E-state index in [1.165, 1.54) is 43.2 Å². The molecule has 4 aliphatic rings. The Labute approximate surface area is 260 Å². The SMILES string of the molecule is Cc1ccc(-n2nc3c(=O)n(CCCC(=O)NCCCCCC(=O)NCC45CC6CC(CC(C6)C4)C5)nc(C)c3c2C)cc1. The zero-order valence-corrected chi connectivity index (χ0v) is 26.7. The molecule has 2 amide bonds. The van der Waals surface area contributed by atoms with Gasteiger partial charge < -0.3 is 10.6 Å². The number of carbonyl (C=O) groups excluding carboxylic acids is 2. The third-order valence-electron chi connectivity index (χ3n) is 10.5. The van der Waals surface area contributed by atoms with E-state index in [4.69, 9.17) is 0 Å². The van der Waals surface area contributed by atoms with Crippen LogP contribution in [0.15, 0.2) is 29.1 Å². The van der Waals surface area contributed by atoms with E-state index in [1.54, 1.807) is 4.68 Å². The molecule has 2 aromatic heterocycles. The minimum atomic E-state index is -0.234. The fraction of sp³-hybridized carbons (Fsp3) is 0.629. The number of fused-ring (bicyclic) bond motifs is 1. The van der Waals surface area contributed by atoms with Crippen LogP contribution in [-0.4, -0.2) is 44.5 Å². The lowest BCUT2D eigenvalue weighted by Gasteiger charge is -2.56. The Morgan fingerprint density at radius 2 is 1.48 bits per heavy atom. The fourth-order valence-corrected chi connectivity index (χ4v) is 8.75. The summed E-state index contributed by atoms with van der Waals surface area (Å²) in [7, 11) is 0. The average Bonchev–Trinajstić information content (AvgIpc) is 3.34. The number of aromatic nitrogens is 4. The molecule has 4 saturated carbocycles. The highest BCUT2D eigenvalue weighted by Gasteiger charge is 2.50. The molecule has 7 rings (SSSR count). The number of unbranched alkanes of at least 4 members (excludes halogenated alkanes) is 2. The van der Waals surface area contributed by atoms with Crippen LogP contribution in [0.3, 0.4) is 0 Å². The molecule has 0 spiro atoms. The number of hydrogen-bond donors (Lipinski definition) is 2. The molecule has 9 heteroatoms. The molecular formula is C35H48N6O3. The van der Waals surface area contributed by atoms with E-state index in [0.717, 1.165) is 71.6 Å². The lowest BCUT2D eigenvalue weighted by Crippen LogP contribution is -2.51. The summed E-state index contributed by atoms with van der Waals surface area (Å²) in [4.78, 5) is 38.1. The van der Waals surface area contributed by atoms with Crippen molar-refractivity contribution in [3.05, 3.63) is 51.6 Å². The van der Waals surface area contributed by atoms with E-state index in [0.29, 0.717) is 43.3 Å². The standard InChI is InChI=1S/C35H48N6O3/c1-23-10-12-29(13-11-23)41-25(3)32-24(2)38-40(34(44)33(32)39-41)15-7-9-30(42)36-14-6-4-5-8-31(43)37-22-35-19-26-16-27(20-35)18-28(17-26)21-35/h10-13,26-28H,4-9,14-22H2,1-3H3,(H,36,42)(H,37,43). The first-order valence-electron chi connectivity index (χ1n) is 16.8. The maximum Gasteiger partial charge on any atom is 0.295 e. The molecular weight excluding hydrogens is 552 g/mol. The van der Waals surface area contributed by atoms with Gasteiger partial charge in [0.1, 0.15) is 0 Å². The van der Waals surface area contributed by atoms with Crippen LogP contribution in [-0.2, 0) is 16.1 Å². The lowest BCUT2D eigenvalue weighted by molar-refractivity contribution is -0.123. The summed E-state index contributed by atoms with van der Waals surface area (Å²) >= 11 is 0. The number of nitrogens with zero attached hydrogens (tertiary/aromatic N) is 4. The van der Waals surface area contributed by atoms with Crippen molar-refractivity contribution in [2.24, 2.45) is 23.2 Å². The molecule has 236 valence electrons. The predicted octanol–water partition coefficient (Wildman–Crippen LogP) is 5.30. The molecule has 0 radical (unpaired) electrons. The third-order valence-corrected chi connectivity index (χ3v) is 10.5. The molecule has 4 fully saturated rings. The molecule has 9 nitrogen and oxygen atoms in total. The maximum atomic E-state index is 13.2. The first kappa shape index (κ1) is 30.5. The minimum absolute atomic E-state index is 0.0244. The molecule has 0 unspecified atom stereocenters. The number of carbonyl (C=O) groups is 2. The van der Waals surface area contributed by atoms with Crippen LogP contribution in [0.25, 0.3) is 16.6 Å². The molecule has 2 N–H and O–H groups in total. The van der Waals surface area contributed by atoms with Crippen molar-refractivity contribution < 1.29 is 9.59 Å². The molecule has 4 aliphatic carbocycles. The molecule has 0 atom stereocenters. The first-order chi connectivity index (χ1) is 21.2. The highest BCUT2D eigenvalue weighted by atomic mass is 16.2. The predicted molar refractivity (Wildman–Crippen MR) is 172 cm³/mol. The Hall–Kier alpha value is -3.49. The summed E-state index contributed by atoms with van der Waals surface area (Å²) < 4.78 is 3.24. The Morgan fingerprint density at radius 1 is 0.841 bits per heavy atom. The van der Waals surface area contributed by atoms with Gasteiger partial charge in [-0.05, 0) is 114 Å². The van der Waals surface area contributed by atoms with Crippen molar-refractivity contribution in [1.29, 1.82) is 0 Å². The third kappa shape index (κ3) is 6.61. The smallest absolute Gasteiger partial charge is 0.295 e. The van der Waals surface area contributed by atoms with Gasteiger partial charge in [-0.15, -0.1) is 0 Å². The fourth-order valence-electron chi connectivity index (χ4n) is 8.75. The quantitative estimate of drug-likeness (QED) is 0.259. The largest absolute Gasteiger partial charge is 0.356 e. The lowest BCUT2D eigenvalue weighted by atomic mass is 9.49. The van der Waals surface area contributed by atoms with Crippen LogP contribution in [0.1, 0.15) is 94.0 Å². The second-order valence-corrected chi connectivity index (χ2v) is 14.1. The van der Waals surface area contributed by atoms with Crippen molar-refractivity contribution in [3.63, 3.8) is 0 Å². The van der Waals surface area contributed by atoms with Crippen molar-refractivity contribution in [2.75, 3.05) is 13.1 Å². The van der Waals surface area contributed by atoms with Gasteiger partial charge in [-0.2, -0.15) is 10.2 Å². The second-order valence-electron chi connectivity index (χ2n) is 14.1. The van der Waals surface area contributed by atoms with Gasteiger partial charge in [0, 0.05) is 32.5 Å². The van der Waals surface area contributed by atoms with E-state index < -0.39 is 0 Å². The Morgan fingerprint density at radius 3 is 2.16 bits per heavy atom. The zero-order valence-electron chi connectivity index (χ0n) is 26.7. The Balaban J connectivity index is 0.885. The van der Waals surface area contributed by atoms with Gasteiger partial charge in [-0.1, -0.05) is 24.1 Å². The van der Waals surface area contributed by atoms with Crippen LogP contribution in [0.5, 0.6) is 0 Å². The van der Waals surface area contributed by atoms with Gasteiger partial charge >= 0.3 is 0 Å². The van der Waals surface area contributed by atoms with Gasteiger partial charge in [0.05, 0.1) is 22.5 Å². The molecule has 2 heterocycles. The monoisotopic (exact) mass is 600 g/mol. The van der Waals surface area contributed by atoms with Gasteiger partial charge in [0.2, 0.25) is 11.8 Å². The second kappa shape index (κ2) is 12.9. The van der Waals surface area contributed by atoms with Crippen molar-refractivity contribution >= 4 is 22.7 Å². The van der Waals surface area contributed by atoms with Crippen molar-refractivity contribution in [2.45, 2.75) is 104 Å². The van der Waals surface area contributed by atoms with E-state index in [2.05, 4.69) is 20.8 Å². The molecule has 1 aromatic carbocycles. The number of amides is 2. The first-order valence-corrected chi connectivity index (χ1v) is 16.8. The van der Waals surface area contributed by atoms with E-state index in [-0.39, 0.29) is 17.4 Å². The summed E-state index contributed by atoms with van der Waals surface area (Å²) in [5.41, 5.74) is 4.25. The number of hydrogen-bond acceptors (Lipinski definition) is 5. The number of benzene rings is 1. The normalized spacial score (nSPS) is 23.8.